The van der Waals surface area contributed by atoms with Crippen LogP contribution in [0.25, 0.3) is 0 Å². The molecule has 1 N–H and O–H groups in total. The highest BCUT2D eigenvalue weighted by molar-refractivity contribution is 5.79. The first-order chi connectivity index (χ1) is 9.09. The van der Waals surface area contributed by atoms with E-state index in [4.69, 9.17) is 0 Å². The van der Waals surface area contributed by atoms with Crippen molar-refractivity contribution < 1.29 is 14.7 Å². The van der Waals surface area contributed by atoms with E-state index in [0.29, 0.717) is 18.8 Å². The summed E-state index contributed by atoms with van der Waals surface area (Å²) in [5, 5.41) is 9.19. The van der Waals surface area contributed by atoms with Crippen LogP contribution in [0.15, 0.2) is 0 Å². The van der Waals surface area contributed by atoms with Crippen molar-refractivity contribution in [1.29, 1.82) is 0 Å². The Kier molecular flexibility index (Phi) is 4.83. The van der Waals surface area contributed by atoms with Gasteiger partial charge in [0.15, 0.2) is 0 Å². The Morgan fingerprint density at radius 2 is 1.79 bits per heavy atom. The summed E-state index contributed by atoms with van der Waals surface area (Å²) in [5.74, 6) is -0.448. The predicted octanol–water partition coefficient (Wildman–Crippen LogP) is 2.67. The second-order valence-electron chi connectivity index (χ2n) is 6.12. The normalized spacial score (nSPS) is 29.2. The second-order valence-corrected chi connectivity index (χ2v) is 6.12. The Morgan fingerprint density at radius 3 is 2.42 bits per heavy atom. The van der Waals surface area contributed by atoms with Gasteiger partial charge in [0, 0.05) is 19.0 Å². The van der Waals surface area contributed by atoms with E-state index >= 15 is 0 Å². The quantitative estimate of drug-likeness (QED) is 0.855. The van der Waals surface area contributed by atoms with Gasteiger partial charge in [0.25, 0.3) is 0 Å². The Bertz CT molecular complexity index is 336. The zero-order valence-corrected chi connectivity index (χ0v) is 11.8. The first-order valence-corrected chi connectivity index (χ1v) is 7.62. The summed E-state index contributed by atoms with van der Waals surface area (Å²) in [6, 6.07) is -0.151. The molecule has 0 spiro atoms. The lowest BCUT2D eigenvalue weighted by Gasteiger charge is -2.38. The van der Waals surface area contributed by atoms with Crippen molar-refractivity contribution in [1.82, 2.24) is 4.90 Å². The third-order valence-corrected chi connectivity index (χ3v) is 4.81. The van der Waals surface area contributed by atoms with Crippen LogP contribution < -0.4 is 0 Å². The maximum atomic E-state index is 12.4. The van der Waals surface area contributed by atoms with Crippen LogP contribution in [0, 0.1) is 11.8 Å². The van der Waals surface area contributed by atoms with Crippen molar-refractivity contribution >= 4 is 11.9 Å². The van der Waals surface area contributed by atoms with Crippen LogP contribution in [0.5, 0.6) is 0 Å². The molecule has 2 rings (SSSR count). The smallest absolute Gasteiger partial charge is 0.308 e. The van der Waals surface area contributed by atoms with E-state index in [1.54, 1.807) is 0 Å². The van der Waals surface area contributed by atoms with E-state index in [2.05, 4.69) is 0 Å². The molecule has 2 fully saturated rings. The molecule has 0 radical (unpaired) electrons. The minimum atomic E-state index is -0.761. The SMILES string of the molecule is C[C@@H]1[C@H](C(=O)O)CCCN1C(=O)CC1CCCCC1. The number of hydrogen-bond donors (Lipinski definition) is 1. The van der Waals surface area contributed by atoms with Crippen LogP contribution >= 0.6 is 0 Å². The summed E-state index contributed by atoms with van der Waals surface area (Å²) in [6.07, 6.45) is 8.24. The molecule has 1 aliphatic heterocycles. The molecule has 1 saturated heterocycles. The fourth-order valence-electron chi connectivity index (χ4n) is 3.58. The first-order valence-electron chi connectivity index (χ1n) is 7.62. The van der Waals surface area contributed by atoms with E-state index in [1.807, 2.05) is 11.8 Å². The Balaban J connectivity index is 1.91. The number of piperidine rings is 1. The lowest BCUT2D eigenvalue weighted by atomic mass is 9.85. The molecule has 108 valence electrons. The molecule has 1 heterocycles. The molecule has 19 heavy (non-hydrogen) atoms. The molecule has 4 nitrogen and oxygen atoms in total. The molecule has 0 unspecified atom stereocenters. The van der Waals surface area contributed by atoms with Gasteiger partial charge in [-0.2, -0.15) is 0 Å². The summed E-state index contributed by atoms with van der Waals surface area (Å²) in [5.41, 5.74) is 0. The number of rotatable bonds is 3. The van der Waals surface area contributed by atoms with Crippen molar-refractivity contribution in [3.05, 3.63) is 0 Å². The maximum absolute atomic E-state index is 12.4. The van der Waals surface area contributed by atoms with Gasteiger partial charge in [-0.05, 0) is 38.5 Å². The fraction of sp³-hybridized carbons (Fsp3) is 0.867. The van der Waals surface area contributed by atoms with Gasteiger partial charge < -0.3 is 10.0 Å². The number of carboxylic acids is 1. The molecule has 2 atom stereocenters. The van der Waals surface area contributed by atoms with Crippen LogP contribution in [-0.4, -0.2) is 34.5 Å². The number of aliphatic carboxylic acids is 1. The number of carboxylic acid groups (broad SMARTS) is 1. The molecule has 1 saturated carbocycles. The van der Waals surface area contributed by atoms with Crippen LogP contribution in [0.2, 0.25) is 0 Å². The highest BCUT2D eigenvalue weighted by Crippen LogP contribution is 2.29. The number of carbonyl (C=O) groups is 2. The summed E-state index contributed by atoms with van der Waals surface area (Å²) in [6.45, 7) is 2.62. The third kappa shape index (κ3) is 3.48. The molecule has 0 bridgehead atoms. The number of carbonyl (C=O) groups excluding carboxylic acids is 1. The van der Waals surface area contributed by atoms with E-state index in [-0.39, 0.29) is 17.9 Å². The standard InChI is InChI=1S/C15H25NO3/c1-11-13(15(18)19)8-5-9-16(11)14(17)10-12-6-3-2-4-7-12/h11-13H,2-10H2,1H3,(H,18,19)/t11-,13-/m1/s1. The summed E-state index contributed by atoms with van der Waals surface area (Å²) >= 11 is 0. The van der Waals surface area contributed by atoms with Crippen LogP contribution in [0.1, 0.15) is 58.3 Å². The summed E-state index contributed by atoms with van der Waals surface area (Å²) < 4.78 is 0. The van der Waals surface area contributed by atoms with Crippen LogP contribution in [0.4, 0.5) is 0 Å². The van der Waals surface area contributed by atoms with Gasteiger partial charge in [-0.1, -0.05) is 19.3 Å². The minimum absolute atomic E-state index is 0.151. The molecule has 2 aliphatic rings. The summed E-state index contributed by atoms with van der Waals surface area (Å²) in [4.78, 5) is 25.4. The Labute approximate surface area is 115 Å². The highest BCUT2D eigenvalue weighted by atomic mass is 16.4. The molecule has 4 heteroatoms. The number of nitrogens with zero attached hydrogens (tertiary/aromatic N) is 1. The predicted molar refractivity (Wildman–Crippen MR) is 72.7 cm³/mol. The first kappa shape index (κ1) is 14.4. The van der Waals surface area contributed by atoms with Gasteiger partial charge in [0.1, 0.15) is 0 Å². The molecular formula is C15H25NO3. The molecule has 0 aromatic carbocycles. The largest absolute Gasteiger partial charge is 0.481 e. The van der Waals surface area contributed by atoms with E-state index in [1.165, 1.54) is 19.3 Å². The summed E-state index contributed by atoms with van der Waals surface area (Å²) in [7, 11) is 0. The van der Waals surface area contributed by atoms with Crippen LogP contribution in [-0.2, 0) is 9.59 Å². The maximum Gasteiger partial charge on any atom is 0.308 e. The van der Waals surface area contributed by atoms with Crippen molar-refractivity contribution in [3.63, 3.8) is 0 Å². The number of hydrogen-bond acceptors (Lipinski definition) is 2. The Hall–Kier alpha value is -1.06. The van der Waals surface area contributed by atoms with Crippen LogP contribution in [0.3, 0.4) is 0 Å². The van der Waals surface area contributed by atoms with Gasteiger partial charge in [0.2, 0.25) is 5.91 Å². The van der Waals surface area contributed by atoms with Crippen molar-refractivity contribution in [2.45, 2.75) is 64.3 Å². The number of amides is 1. The average Bonchev–Trinajstić information content (AvgIpc) is 2.39. The average molecular weight is 267 g/mol. The van der Waals surface area contributed by atoms with E-state index < -0.39 is 5.97 Å². The lowest BCUT2D eigenvalue weighted by Crippen LogP contribution is -2.49. The van der Waals surface area contributed by atoms with Gasteiger partial charge in [-0.3, -0.25) is 9.59 Å². The van der Waals surface area contributed by atoms with Gasteiger partial charge in [0.05, 0.1) is 5.92 Å². The van der Waals surface area contributed by atoms with Crippen molar-refractivity contribution in [3.8, 4) is 0 Å². The minimum Gasteiger partial charge on any atom is -0.481 e. The van der Waals surface area contributed by atoms with Crippen molar-refractivity contribution in [2.24, 2.45) is 11.8 Å². The second kappa shape index (κ2) is 6.40. The fourth-order valence-corrected chi connectivity index (χ4v) is 3.58. The van der Waals surface area contributed by atoms with E-state index in [9.17, 15) is 14.7 Å². The topological polar surface area (TPSA) is 57.6 Å². The van der Waals surface area contributed by atoms with Crippen molar-refractivity contribution in [2.75, 3.05) is 6.54 Å². The van der Waals surface area contributed by atoms with Gasteiger partial charge in [-0.15, -0.1) is 0 Å². The molecule has 0 aromatic rings. The van der Waals surface area contributed by atoms with Gasteiger partial charge in [-0.25, -0.2) is 0 Å². The molecule has 1 amide bonds. The Morgan fingerprint density at radius 1 is 1.11 bits per heavy atom. The zero-order chi connectivity index (χ0) is 13.8. The molecule has 1 aliphatic carbocycles. The molecular weight excluding hydrogens is 242 g/mol. The zero-order valence-electron chi connectivity index (χ0n) is 11.8. The highest BCUT2D eigenvalue weighted by Gasteiger charge is 2.35. The number of likely N-dealkylation sites (tertiary alicyclic amines) is 1. The van der Waals surface area contributed by atoms with E-state index in [0.717, 1.165) is 25.8 Å². The molecule has 0 aromatic heterocycles. The van der Waals surface area contributed by atoms with Gasteiger partial charge >= 0.3 is 5.97 Å². The lowest BCUT2D eigenvalue weighted by molar-refractivity contribution is -0.149. The monoisotopic (exact) mass is 267 g/mol. The third-order valence-electron chi connectivity index (χ3n) is 4.81.